The van der Waals surface area contributed by atoms with Gasteiger partial charge in [-0.05, 0) is 12.1 Å². The van der Waals surface area contributed by atoms with E-state index in [1.165, 1.54) is 12.1 Å². The molecular formula is C12H12F3N3. The fourth-order valence-corrected chi connectivity index (χ4v) is 1.47. The van der Waals surface area contributed by atoms with Crippen LogP contribution in [0, 0.1) is 0 Å². The highest BCUT2D eigenvalue weighted by Gasteiger charge is 2.30. The van der Waals surface area contributed by atoms with Crippen molar-refractivity contribution in [2.45, 2.75) is 25.9 Å². The Morgan fingerprint density at radius 2 is 1.72 bits per heavy atom. The van der Waals surface area contributed by atoms with E-state index in [4.69, 9.17) is 0 Å². The molecule has 0 spiro atoms. The Kier molecular flexibility index (Phi) is 3.11. The van der Waals surface area contributed by atoms with E-state index in [1.807, 2.05) is 13.8 Å². The van der Waals surface area contributed by atoms with E-state index >= 15 is 0 Å². The highest BCUT2D eigenvalue weighted by molar-refractivity contribution is 5.55. The van der Waals surface area contributed by atoms with Gasteiger partial charge in [0.15, 0.2) is 5.82 Å². The Morgan fingerprint density at radius 3 is 2.17 bits per heavy atom. The Balaban J connectivity index is 2.29. The molecule has 0 atom stereocenters. The molecule has 0 unspecified atom stereocenters. The van der Waals surface area contributed by atoms with E-state index in [0.29, 0.717) is 17.2 Å². The molecule has 0 aliphatic carbocycles. The molecule has 1 heterocycles. The van der Waals surface area contributed by atoms with Crippen LogP contribution in [0.4, 0.5) is 13.2 Å². The minimum absolute atomic E-state index is 0.195. The van der Waals surface area contributed by atoms with Gasteiger partial charge in [-0.2, -0.15) is 18.3 Å². The van der Waals surface area contributed by atoms with Gasteiger partial charge in [0.05, 0.1) is 5.56 Å². The predicted octanol–water partition coefficient (Wildman–Crippen LogP) is 3.61. The molecule has 0 aliphatic heterocycles. The van der Waals surface area contributed by atoms with E-state index < -0.39 is 11.7 Å². The number of nitrogens with zero attached hydrogens (tertiary/aromatic N) is 2. The molecular weight excluding hydrogens is 243 g/mol. The molecule has 1 aromatic heterocycles. The van der Waals surface area contributed by atoms with Crippen molar-refractivity contribution in [3.8, 4) is 11.4 Å². The van der Waals surface area contributed by atoms with Crippen LogP contribution in [0.1, 0.15) is 31.2 Å². The Labute approximate surface area is 102 Å². The molecule has 0 saturated heterocycles. The minimum atomic E-state index is -4.32. The van der Waals surface area contributed by atoms with Gasteiger partial charge >= 0.3 is 6.18 Å². The Morgan fingerprint density at radius 1 is 1.11 bits per heavy atom. The lowest BCUT2D eigenvalue weighted by Crippen LogP contribution is -2.04. The average molecular weight is 255 g/mol. The van der Waals surface area contributed by atoms with Crippen LogP contribution < -0.4 is 0 Å². The largest absolute Gasteiger partial charge is 0.416 e. The third kappa shape index (κ3) is 2.52. The number of hydrogen-bond acceptors (Lipinski definition) is 2. The summed E-state index contributed by atoms with van der Waals surface area (Å²) in [4.78, 5) is 4.22. The summed E-state index contributed by atoms with van der Waals surface area (Å²) in [5, 5.41) is 6.75. The Bertz CT molecular complexity index is 526. The maximum atomic E-state index is 12.4. The average Bonchev–Trinajstić information content (AvgIpc) is 2.77. The lowest BCUT2D eigenvalue weighted by Gasteiger charge is -2.06. The summed E-state index contributed by atoms with van der Waals surface area (Å²) < 4.78 is 37.2. The van der Waals surface area contributed by atoms with Gasteiger partial charge in [0.25, 0.3) is 0 Å². The molecule has 2 aromatic rings. The van der Waals surface area contributed by atoms with Gasteiger partial charge in [0.2, 0.25) is 0 Å². The van der Waals surface area contributed by atoms with Crippen LogP contribution in [-0.4, -0.2) is 15.2 Å². The van der Waals surface area contributed by atoms with E-state index in [-0.39, 0.29) is 5.92 Å². The first kappa shape index (κ1) is 12.6. The SMILES string of the molecule is CC(C)c1nc(-c2ccc(C(F)(F)F)cc2)n[nH]1. The standard InChI is InChI=1S/C12H12F3N3/c1-7(2)10-16-11(18-17-10)8-3-5-9(6-4-8)12(13,14)15/h3-7H,1-2H3,(H,16,17,18). The first-order valence-electron chi connectivity index (χ1n) is 5.48. The first-order valence-corrected chi connectivity index (χ1v) is 5.48. The van der Waals surface area contributed by atoms with Crippen LogP contribution in [0.3, 0.4) is 0 Å². The number of benzene rings is 1. The van der Waals surface area contributed by atoms with E-state index in [0.717, 1.165) is 12.1 Å². The summed E-state index contributed by atoms with van der Waals surface area (Å²) in [6.07, 6.45) is -4.32. The van der Waals surface area contributed by atoms with Crippen LogP contribution in [0.2, 0.25) is 0 Å². The smallest absolute Gasteiger partial charge is 0.262 e. The van der Waals surface area contributed by atoms with Gasteiger partial charge in [0, 0.05) is 11.5 Å². The topological polar surface area (TPSA) is 41.6 Å². The van der Waals surface area contributed by atoms with Crippen LogP contribution in [0.25, 0.3) is 11.4 Å². The van der Waals surface area contributed by atoms with Gasteiger partial charge in [-0.1, -0.05) is 26.0 Å². The molecule has 0 aliphatic rings. The van der Waals surface area contributed by atoms with Crippen molar-refractivity contribution >= 4 is 0 Å². The number of aromatic amines is 1. The molecule has 0 saturated carbocycles. The minimum Gasteiger partial charge on any atom is -0.262 e. The number of aromatic nitrogens is 3. The maximum Gasteiger partial charge on any atom is 0.416 e. The number of alkyl halides is 3. The quantitative estimate of drug-likeness (QED) is 0.890. The monoisotopic (exact) mass is 255 g/mol. The number of H-pyrrole nitrogens is 1. The summed E-state index contributed by atoms with van der Waals surface area (Å²) in [6, 6.07) is 4.80. The molecule has 1 N–H and O–H groups in total. The zero-order valence-electron chi connectivity index (χ0n) is 9.92. The second-order valence-electron chi connectivity index (χ2n) is 4.27. The zero-order valence-corrected chi connectivity index (χ0v) is 9.92. The molecule has 0 bridgehead atoms. The summed E-state index contributed by atoms with van der Waals surface area (Å²) in [7, 11) is 0. The normalized spacial score (nSPS) is 12.1. The molecule has 96 valence electrons. The summed E-state index contributed by atoms with van der Waals surface area (Å²) in [6.45, 7) is 3.91. The summed E-state index contributed by atoms with van der Waals surface area (Å²) in [5.41, 5.74) is -0.114. The van der Waals surface area contributed by atoms with Crippen molar-refractivity contribution in [2.75, 3.05) is 0 Å². The van der Waals surface area contributed by atoms with Crippen LogP contribution >= 0.6 is 0 Å². The van der Waals surface area contributed by atoms with Crippen molar-refractivity contribution in [3.05, 3.63) is 35.7 Å². The predicted molar refractivity (Wildman–Crippen MR) is 60.9 cm³/mol. The van der Waals surface area contributed by atoms with Crippen molar-refractivity contribution in [3.63, 3.8) is 0 Å². The molecule has 3 nitrogen and oxygen atoms in total. The number of halogens is 3. The molecule has 0 radical (unpaired) electrons. The maximum absolute atomic E-state index is 12.4. The van der Waals surface area contributed by atoms with E-state index in [1.54, 1.807) is 0 Å². The Hall–Kier alpha value is -1.85. The van der Waals surface area contributed by atoms with Gasteiger partial charge < -0.3 is 0 Å². The first-order chi connectivity index (χ1) is 8.38. The summed E-state index contributed by atoms with van der Waals surface area (Å²) >= 11 is 0. The summed E-state index contributed by atoms with van der Waals surface area (Å²) in [5.74, 6) is 1.32. The van der Waals surface area contributed by atoms with E-state index in [2.05, 4.69) is 15.2 Å². The highest BCUT2D eigenvalue weighted by atomic mass is 19.4. The van der Waals surface area contributed by atoms with Crippen LogP contribution in [-0.2, 0) is 6.18 Å². The molecule has 6 heteroatoms. The van der Waals surface area contributed by atoms with Gasteiger partial charge in [0.1, 0.15) is 5.82 Å². The van der Waals surface area contributed by atoms with E-state index in [9.17, 15) is 13.2 Å². The molecule has 0 amide bonds. The lowest BCUT2D eigenvalue weighted by molar-refractivity contribution is -0.137. The molecule has 2 rings (SSSR count). The highest BCUT2D eigenvalue weighted by Crippen LogP contribution is 2.30. The number of hydrogen-bond donors (Lipinski definition) is 1. The fourth-order valence-electron chi connectivity index (χ4n) is 1.47. The van der Waals surface area contributed by atoms with Crippen LogP contribution in [0.5, 0.6) is 0 Å². The van der Waals surface area contributed by atoms with Crippen LogP contribution in [0.15, 0.2) is 24.3 Å². The van der Waals surface area contributed by atoms with Gasteiger partial charge in [-0.25, -0.2) is 4.98 Å². The second kappa shape index (κ2) is 4.44. The lowest BCUT2D eigenvalue weighted by atomic mass is 10.1. The van der Waals surface area contributed by atoms with Gasteiger partial charge in [-0.15, -0.1) is 0 Å². The third-order valence-electron chi connectivity index (χ3n) is 2.52. The van der Waals surface area contributed by atoms with Crippen molar-refractivity contribution in [1.82, 2.24) is 15.2 Å². The van der Waals surface area contributed by atoms with Gasteiger partial charge in [-0.3, -0.25) is 5.10 Å². The number of rotatable bonds is 2. The second-order valence-corrected chi connectivity index (χ2v) is 4.27. The molecule has 0 fully saturated rings. The molecule has 1 aromatic carbocycles. The van der Waals surface area contributed by atoms with Crippen molar-refractivity contribution in [1.29, 1.82) is 0 Å². The number of nitrogens with one attached hydrogen (secondary N) is 1. The third-order valence-corrected chi connectivity index (χ3v) is 2.52. The fraction of sp³-hybridized carbons (Fsp3) is 0.333. The zero-order chi connectivity index (χ0) is 13.3. The molecule has 18 heavy (non-hydrogen) atoms. The van der Waals surface area contributed by atoms with Crippen molar-refractivity contribution < 1.29 is 13.2 Å². The van der Waals surface area contributed by atoms with Crippen molar-refractivity contribution in [2.24, 2.45) is 0 Å².